The molecule has 0 aromatic heterocycles. The van der Waals surface area contributed by atoms with Gasteiger partial charge in [0, 0.05) is 0 Å². The standard InChI is InChI=1S/C8H17O3PS2/c1-6(2)10-12(9,8(13)14-5)11-7(3)4/h6-7H,1-5H3. The van der Waals surface area contributed by atoms with Crippen molar-refractivity contribution in [2.75, 3.05) is 6.26 Å². The van der Waals surface area contributed by atoms with Gasteiger partial charge in [-0.1, -0.05) is 12.2 Å². The van der Waals surface area contributed by atoms with Gasteiger partial charge < -0.3 is 9.05 Å². The summed E-state index contributed by atoms with van der Waals surface area (Å²) in [4.78, 5) is 0. The Morgan fingerprint density at radius 3 is 1.79 bits per heavy atom. The maximum Gasteiger partial charge on any atom is 0.378 e. The molecule has 0 unspecified atom stereocenters. The summed E-state index contributed by atoms with van der Waals surface area (Å²) < 4.78 is 23.0. The van der Waals surface area contributed by atoms with Gasteiger partial charge in [-0.3, -0.25) is 4.57 Å². The zero-order chi connectivity index (χ0) is 11.4. The van der Waals surface area contributed by atoms with E-state index in [1.807, 2.05) is 0 Å². The highest BCUT2D eigenvalue weighted by molar-refractivity contribution is 8.35. The quantitative estimate of drug-likeness (QED) is 0.554. The predicted octanol–water partition coefficient (Wildman–Crippen LogP) is 3.68. The Bertz CT molecular complexity index is 227. The number of hydrogen-bond donors (Lipinski definition) is 0. The van der Waals surface area contributed by atoms with Crippen LogP contribution in [0.25, 0.3) is 0 Å². The summed E-state index contributed by atoms with van der Waals surface area (Å²) >= 11 is 6.21. The molecule has 0 fully saturated rings. The fourth-order valence-corrected chi connectivity index (χ4v) is 3.52. The molecule has 0 N–H and O–H groups in total. The molecular formula is C8H17O3PS2. The summed E-state index contributed by atoms with van der Waals surface area (Å²) in [5.74, 6) is 0. The molecule has 0 bridgehead atoms. The number of thioether (sulfide) groups is 1. The van der Waals surface area contributed by atoms with E-state index in [-0.39, 0.29) is 12.2 Å². The Morgan fingerprint density at radius 1 is 1.21 bits per heavy atom. The fourth-order valence-electron chi connectivity index (χ4n) is 0.778. The van der Waals surface area contributed by atoms with E-state index in [2.05, 4.69) is 0 Å². The average Bonchev–Trinajstić information content (AvgIpc) is 1.99. The number of hydrogen-bond acceptors (Lipinski definition) is 5. The monoisotopic (exact) mass is 256 g/mol. The lowest BCUT2D eigenvalue weighted by atomic mass is 10.5. The summed E-state index contributed by atoms with van der Waals surface area (Å²) in [6.45, 7) is 7.22. The highest BCUT2D eigenvalue weighted by atomic mass is 32.2. The van der Waals surface area contributed by atoms with Crippen molar-refractivity contribution < 1.29 is 13.6 Å². The van der Waals surface area contributed by atoms with Crippen LogP contribution in [0.5, 0.6) is 0 Å². The van der Waals surface area contributed by atoms with E-state index in [4.69, 9.17) is 21.3 Å². The molecule has 84 valence electrons. The Kier molecular flexibility index (Phi) is 6.50. The first kappa shape index (κ1) is 14.6. The molecule has 0 aliphatic carbocycles. The maximum absolute atomic E-state index is 12.2. The minimum Gasteiger partial charge on any atom is -0.302 e. The second-order valence-electron chi connectivity index (χ2n) is 3.28. The van der Waals surface area contributed by atoms with E-state index in [0.29, 0.717) is 3.94 Å². The van der Waals surface area contributed by atoms with Crippen molar-refractivity contribution >= 4 is 35.5 Å². The molecule has 0 radical (unpaired) electrons. The third-order valence-corrected chi connectivity index (χ3v) is 5.68. The largest absolute Gasteiger partial charge is 0.378 e. The van der Waals surface area contributed by atoms with E-state index in [0.717, 1.165) is 0 Å². The molecule has 0 aromatic rings. The molecule has 0 aromatic carbocycles. The topological polar surface area (TPSA) is 35.5 Å². The molecule has 3 nitrogen and oxygen atoms in total. The first-order valence-electron chi connectivity index (χ1n) is 4.37. The van der Waals surface area contributed by atoms with Crippen molar-refractivity contribution in [3.05, 3.63) is 0 Å². The van der Waals surface area contributed by atoms with Crippen molar-refractivity contribution in [2.24, 2.45) is 0 Å². The van der Waals surface area contributed by atoms with Crippen molar-refractivity contribution in [3.8, 4) is 0 Å². The molecule has 0 heterocycles. The minimum atomic E-state index is -3.23. The Labute approximate surface area is 95.5 Å². The molecule has 0 saturated carbocycles. The van der Waals surface area contributed by atoms with Crippen LogP contribution in [0.3, 0.4) is 0 Å². The Morgan fingerprint density at radius 2 is 1.57 bits per heavy atom. The van der Waals surface area contributed by atoms with E-state index in [9.17, 15) is 4.57 Å². The van der Waals surface area contributed by atoms with Crippen LogP contribution in [0.4, 0.5) is 0 Å². The summed E-state index contributed by atoms with van der Waals surface area (Å²) in [5.41, 5.74) is 0. The van der Waals surface area contributed by atoms with Crippen LogP contribution in [-0.4, -0.2) is 22.4 Å². The normalized spacial score (nSPS) is 12.5. The van der Waals surface area contributed by atoms with Crippen LogP contribution in [-0.2, 0) is 13.6 Å². The second-order valence-corrected chi connectivity index (χ2v) is 7.23. The molecule has 0 aliphatic rings. The van der Waals surface area contributed by atoms with Gasteiger partial charge in [-0.05, 0) is 34.0 Å². The van der Waals surface area contributed by atoms with E-state index >= 15 is 0 Å². The van der Waals surface area contributed by atoms with Gasteiger partial charge in [0.1, 0.15) is 0 Å². The molecular weight excluding hydrogens is 239 g/mol. The first-order valence-corrected chi connectivity index (χ1v) is 7.54. The zero-order valence-electron chi connectivity index (χ0n) is 9.14. The summed E-state index contributed by atoms with van der Waals surface area (Å²) in [6.07, 6.45) is 1.44. The van der Waals surface area contributed by atoms with Crippen molar-refractivity contribution in [1.29, 1.82) is 0 Å². The molecule has 14 heavy (non-hydrogen) atoms. The molecule has 0 aliphatic heterocycles. The van der Waals surface area contributed by atoms with Gasteiger partial charge in [-0.2, -0.15) is 0 Å². The van der Waals surface area contributed by atoms with Gasteiger partial charge in [0.15, 0.2) is 3.94 Å². The van der Waals surface area contributed by atoms with Gasteiger partial charge in [-0.25, -0.2) is 0 Å². The molecule has 0 atom stereocenters. The molecule has 0 saturated heterocycles. The highest BCUT2D eigenvalue weighted by Crippen LogP contribution is 2.54. The van der Waals surface area contributed by atoms with E-state index in [1.165, 1.54) is 11.8 Å². The smallest absolute Gasteiger partial charge is 0.302 e. The maximum atomic E-state index is 12.2. The molecule has 6 heteroatoms. The summed E-state index contributed by atoms with van der Waals surface area (Å²) in [5, 5.41) is 0. The van der Waals surface area contributed by atoms with Crippen LogP contribution >= 0.6 is 31.6 Å². The van der Waals surface area contributed by atoms with Gasteiger partial charge in [-0.15, -0.1) is 11.8 Å². The predicted molar refractivity (Wildman–Crippen MR) is 66.2 cm³/mol. The van der Waals surface area contributed by atoms with Gasteiger partial charge >= 0.3 is 7.60 Å². The minimum absolute atomic E-state index is 0.162. The SMILES string of the molecule is CSC(=S)P(=O)(OC(C)C)OC(C)C. The van der Waals surface area contributed by atoms with Gasteiger partial charge in [0.05, 0.1) is 12.2 Å². The lowest BCUT2D eigenvalue weighted by Gasteiger charge is -2.22. The van der Waals surface area contributed by atoms with Crippen LogP contribution in [0.2, 0.25) is 0 Å². The van der Waals surface area contributed by atoms with Gasteiger partial charge in [0.25, 0.3) is 0 Å². The van der Waals surface area contributed by atoms with Crippen molar-refractivity contribution in [3.63, 3.8) is 0 Å². The summed E-state index contributed by atoms with van der Waals surface area (Å²) in [6, 6.07) is 0. The van der Waals surface area contributed by atoms with Crippen LogP contribution in [0, 0.1) is 0 Å². The zero-order valence-corrected chi connectivity index (χ0v) is 11.7. The second kappa shape index (κ2) is 6.23. The number of thiocarbonyl (C=S) groups is 1. The van der Waals surface area contributed by atoms with Crippen molar-refractivity contribution in [1.82, 2.24) is 0 Å². The lowest BCUT2D eigenvalue weighted by Crippen LogP contribution is -2.11. The number of rotatable bonds is 5. The molecule has 0 amide bonds. The highest BCUT2D eigenvalue weighted by Gasteiger charge is 2.32. The third-order valence-electron chi connectivity index (χ3n) is 1.10. The van der Waals surface area contributed by atoms with E-state index in [1.54, 1.807) is 34.0 Å². The van der Waals surface area contributed by atoms with Crippen LogP contribution in [0.1, 0.15) is 27.7 Å². The van der Waals surface area contributed by atoms with Crippen LogP contribution < -0.4 is 0 Å². The lowest BCUT2D eigenvalue weighted by molar-refractivity contribution is 0.153. The third kappa shape index (κ3) is 4.89. The Balaban J connectivity index is 4.67. The van der Waals surface area contributed by atoms with E-state index < -0.39 is 7.60 Å². The Hall–Kier alpha value is 0.590. The van der Waals surface area contributed by atoms with Crippen LogP contribution in [0.15, 0.2) is 0 Å². The fraction of sp³-hybridized carbons (Fsp3) is 0.875. The average molecular weight is 256 g/mol. The molecule has 0 spiro atoms. The van der Waals surface area contributed by atoms with Gasteiger partial charge in [0.2, 0.25) is 0 Å². The summed E-state index contributed by atoms with van der Waals surface area (Å²) in [7, 11) is -3.23. The van der Waals surface area contributed by atoms with Crippen molar-refractivity contribution in [2.45, 2.75) is 39.9 Å². The molecule has 0 rings (SSSR count). The first-order chi connectivity index (χ1) is 6.31.